The molecule has 1 heterocycles. The molecule has 1 aliphatic heterocycles. The SMILES string of the molecule is CC(=O)[C@@H]1O[C@H](COCc2ccccc2)C(OCc2ccccc2)C1F. The van der Waals surface area contributed by atoms with Crippen LogP contribution in [-0.2, 0) is 32.2 Å². The smallest absolute Gasteiger partial charge is 0.162 e. The van der Waals surface area contributed by atoms with E-state index in [0.29, 0.717) is 6.61 Å². The molecule has 26 heavy (non-hydrogen) atoms. The lowest BCUT2D eigenvalue weighted by Gasteiger charge is -2.20. The molecule has 0 spiro atoms. The molecule has 0 aliphatic carbocycles. The van der Waals surface area contributed by atoms with E-state index < -0.39 is 24.5 Å². The Hall–Kier alpha value is -2.08. The Morgan fingerprint density at radius 2 is 1.58 bits per heavy atom. The van der Waals surface area contributed by atoms with Crippen LogP contribution in [0.1, 0.15) is 18.1 Å². The van der Waals surface area contributed by atoms with Gasteiger partial charge in [-0.15, -0.1) is 0 Å². The zero-order chi connectivity index (χ0) is 18.4. The summed E-state index contributed by atoms with van der Waals surface area (Å²) in [5.74, 6) is -0.337. The average Bonchev–Trinajstić information content (AvgIpc) is 2.98. The number of alkyl halides is 1. The van der Waals surface area contributed by atoms with E-state index in [4.69, 9.17) is 14.2 Å². The predicted molar refractivity (Wildman–Crippen MR) is 95.4 cm³/mol. The van der Waals surface area contributed by atoms with Crippen LogP contribution >= 0.6 is 0 Å². The minimum Gasteiger partial charge on any atom is -0.374 e. The Bertz CT molecular complexity index is 692. The van der Waals surface area contributed by atoms with Crippen molar-refractivity contribution in [3.05, 3.63) is 71.8 Å². The van der Waals surface area contributed by atoms with Gasteiger partial charge in [0, 0.05) is 0 Å². The minimum absolute atomic E-state index is 0.165. The number of benzene rings is 2. The van der Waals surface area contributed by atoms with Crippen LogP contribution in [0.5, 0.6) is 0 Å². The van der Waals surface area contributed by atoms with Crippen molar-refractivity contribution in [2.24, 2.45) is 0 Å². The van der Waals surface area contributed by atoms with Gasteiger partial charge in [0.15, 0.2) is 12.0 Å². The van der Waals surface area contributed by atoms with Gasteiger partial charge in [-0.3, -0.25) is 4.79 Å². The van der Waals surface area contributed by atoms with E-state index in [0.717, 1.165) is 11.1 Å². The fourth-order valence-electron chi connectivity index (χ4n) is 3.01. The fraction of sp³-hybridized carbons (Fsp3) is 0.381. The van der Waals surface area contributed by atoms with Crippen LogP contribution in [0, 0.1) is 0 Å². The van der Waals surface area contributed by atoms with Crippen molar-refractivity contribution < 1.29 is 23.4 Å². The van der Waals surface area contributed by atoms with Gasteiger partial charge in [-0.05, 0) is 18.1 Å². The van der Waals surface area contributed by atoms with Crippen molar-refractivity contribution in [2.75, 3.05) is 6.61 Å². The molecule has 138 valence electrons. The number of ether oxygens (including phenoxy) is 3. The molecule has 4 atom stereocenters. The summed E-state index contributed by atoms with van der Waals surface area (Å²) < 4.78 is 31.7. The highest BCUT2D eigenvalue weighted by Crippen LogP contribution is 2.28. The van der Waals surface area contributed by atoms with Crippen LogP contribution in [0.2, 0.25) is 0 Å². The Labute approximate surface area is 152 Å². The standard InChI is InChI=1S/C21H23FO4/c1-15(23)20-19(22)21(25-13-17-10-6-3-7-11-17)18(26-20)14-24-12-16-8-4-2-5-9-16/h2-11,18-21H,12-14H2,1H3/t18-,19?,20+,21?/m1/s1. The largest absolute Gasteiger partial charge is 0.374 e. The van der Waals surface area contributed by atoms with Crippen molar-refractivity contribution in [1.29, 1.82) is 0 Å². The highest BCUT2D eigenvalue weighted by molar-refractivity contribution is 5.81. The van der Waals surface area contributed by atoms with E-state index in [2.05, 4.69) is 0 Å². The third-order valence-corrected chi connectivity index (χ3v) is 4.37. The number of Topliss-reactive ketones (excluding diaryl/α,β-unsaturated/α-hetero) is 1. The second kappa shape index (κ2) is 9.03. The minimum atomic E-state index is -1.50. The van der Waals surface area contributed by atoms with Gasteiger partial charge in [-0.1, -0.05) is 60.7 Å². The van der Waals surface area contributed by atoms with Crippen molar-refractivity contribution in [2.45, 2.75) is 44.6 Å². The Balaban J connectivity index is 1.59. The molecule has 2 unspecified atom stereocenters. The van der Waals surface area contributed by atoms with Crippen LogP contribution in [0.4, 0.5) is 4.39 Å². The van der Waals surface area contributed by atoms with Crippen molar-refractivity contribution in [3.8, 4) is 0 Å². The van der Waals surface area contributed by atoms with Crippen LogP contribution in [0.3, 0.4) is 0 Å². The molecule has 0 saturated carbocycles. The highest BCUT2D eigenvalue weighted by Gasteiger charge is 2.48. The second-order valence-corrected chi connectivity index (χ2v) is 6.41. The molecule has 1 saturated heterocycles. The first-order valence-corrected chi connectivity index (χ1v) is 8.72. The lowest BCUT2D eigenvalue weighted by molar-refractivity contribution is -0.131. The van der Waals surface area contributed by atoms with Crippen LogP contribution in [0.25, 0.3) is 0 Å². The van der Waals surface area contributed by atoms with Crippen molar-refractivity contribution in [1.82, 2.24) is 0 Å². The summed E-state index contributed by atoms with van der Waals surface area (Å²) in [6.07, 6.45) is -4.05. The molecule has 3 rings (SSSR count). The number of hydrogen-bond donors (Lipinski definition) is 0. The molecular formula is C21H23FO4. The number of hydrogen-bond acceptors (Lipinski definition) is 4. The first-order chi connectivity index (χ1) is 12.6. The molecule has 0 amide bonds. The molecule has 0 aromatic heterocycles. The third kappa shape index (κ3) is 4.75. The van der Waals surface area contributed by atoms with Gasteiger partial charge in [0.25, 0.3) is 0 Å². The molecule has 1 fully saturated rings. The molecule has 2 aromatic carbocycles. The molecule has 0 bridgehead atoms. The molecular weight excluding hydrogens is 335 g/mol. The van der Waals surface area contributed by atoms with Gasteiger partial charge < -0.3 is 14.2 Å². The molecule has 0 radical (unpaired) electrons. The molecule has 5 heteroatoms. The summed E-state index contributed by atoms with van der Waals surface area (Å²) in [5.41, 5.74) is 1.96. The third-order valence-electron chi connectivity index (χ3n) is 4.37. The predicted octanol–water partition coefficient (Wildman–Crippen LogP) is 3.48. The van der Waals surface area contributed by atoms with E-state index in [1.54, 1.807) is 0 Å². The molecule has 0 N–H and O–H groups in total. The number of ketones is 1. The van der Waals surface area contributed by atoms with E-state index in [-0.39, 0.29) is 19.0 Å². The van der Waals surface area contributed by atoms with Gasteiger partial charge >= 0.3 is 0 Å². The monoisotopic (exact) mass is 358 g/mol. The summed E-state index contributed by atoms with van der Waals surface area (Å²) in [4.78, 5) is 11.7. The summed E-state index contributed by atoms with van der Waals surface area (Å²) in [5, 5.41) is 0. The van der Waals surface area contributed by atoms with Gasteiger partial charge in [0.05, 0.1) is 19.8 Å². The second-order valence-electron chi connectivity index (χ2n) is 6.41. The van der Waals surface area contributed by atoms with E-state index in [9.17, 15) is 9.18 Å². The normalized spacial score (nSPS) is 25.3. The summed E-state index contributed by atoms with van der Waals surface area (Å²) in [6, 6.07) is 19.2. The first-order valence-electron chi connectivity index (χ1n) is 8.72. The lowest BCUT2D eigenvalue weighted by Crippen LogP contribution is -2.35. The van der Waals surface area contributed by atoms with E-state index in [1.165, 1.54) is 6.92 Å². The topological polar surface area (TPSA) is 44.8 Å². The Morgan fingerprint density at radius 1 is 1.00 bits per heavy atom. The van der Waals surface area contributed by atoms with Crippen LogP contribution in [-0.4, -0.2) is 36.9 Å². The zero-order valence-corrected chi connectivity index (χ0v) is 14.7. The number of halogens is 1. The Morgan fingerprint density at radius 3 is 2.15 bits per heavy atom. The maximum Gasteiger partial charge on any atom is 0.162 e. The van der Waals surface area contributed by atoms with Gasteiger partial charge in [0.1, 0.15) is 18.3 Å². The van der Waals surface area contributed by atoms with E-state index in [1.807, 2.05) is 60.7 Å². The summed E-state index contributed by atoms with van der Waals surface area (Å²) >= 11 is 0. The number of rotatable bonds is 8. The molecule has 4 nitrogen and oxygen atoms in total. The summed E-state index contributed by atoms with van der Waals surface area (Å²) in [7, 11) is 0. The van der Waals surface area contributed by atoms with Crippen molar-refractivity contribution in [3.63, 3.8) is 0 Å². The van der Waals surface area contributed by atoms with Gasteiger partial charge in [-0.2, -0.15) is 0 Å². The number of carbonyl (C=O) groups is 1. The first kappa shape index (κ1) is 18.7. The van der Waals surface area contributed by atoms with E-state index >= 15 is 0 Å². The summed E-state index contributed by atoms with van der Waals surface area (Å²) in [6.45, 7) is 2.15. The van der Waals surface area contributed by atoms with Crippen molar-refractivity contribution >= 4 is 5.78 Å². The quantitative estimate of drug-likeness (QED) is 0.725. The fourth-order valence-corrected chi connectivity index (χ4v) is 3.01. The average molecular weight is 358 g/mol. The van der Waals surface area contributed by atoms with Crippen LogP contribution < -0.4 is 0 Å². The maximum absolute atomic E-state index is 14.7. The highest BCUT2D eigenvalue weighted by atomic mass is 19.1. The van der Waals surface area contributed by atoms with Gasteiger partial charge in [0.2, 0.25) is 0 Å². The van der Waals surface area contributed by atoms with Gasteiger partial charge in [-0.25, -0.2) is 4.39 Å². The lowest BCUT2D eigenvalue weighted by atomic mass is 10.1. The maximum atomic E-state index is 14.7. The molecule has 2 aromatic rings. The molecule has 1 aliphatic rings. The zero-order valence-electron chi connectivity index (χ0n) is 14.7. The number of carbonyl (C=O) groups excluding carboxylic acids is 1. The Kier molecular flexibility index (Phi) is 6.50. The van der Waals surface area contributed by atoms with Crippen LogP contribution in [0.15, 0.2) is 60.7 Å².